The molecule has 4 nitrogen and oxygen atoms in total. The molecule has 0 spiro atoms. The van der Waals surface area contributed by atoms with E-state index in [0.717, 1.165) is 10.2 Å². The Morgan fingerprint density at radius 1 is 1.47 bits per heavy atom. The number of hydrogen-bond acceptors (Lipinski definition) is 4. The van der Waals surface area contributed by atoms with E-state index in [0.29, 0.717) is 11.4 Å². The van der Waals surface area contributed by atoms with E-state index < -0.39 is 0 Å². The maximum atomic E-state index is 12.0. The SMILES string of the molecule is CC(O)C(C)SCc1cc(=O)n2cc(Br)ccc2n1. The minimum Gasteiger partial charge on any atom is -0.392 e. The fourth-order valence-corrected chi connectivity index (χ4v) is 2.75. The second-order valence-electron chi connectivity index (χ2n) is 4.42. The van der Waals surface area contributed by atoms with Crippen LogP contribution in [0.2, 0.25) is 0 Å². The largest absolute Gasteiger partial charge is 0.392 e. The summed E-state index contributed by atoms with van der Waals surface area (Å²) in [6.45, 7) is 3.72. The summed E-state index contributed by atoms with van der Waals surface area (Å²) < 4.78 is 2.35. The lowest BCUT2D eigenvalue weighted by molar-refractivity contribution is 0.196. The van der Waals surface area contributed by atoms with Gasteiger partial charge < -0.3 is 5.11 Å². The van der Waals surface area contributed by atoms with Gasteiger partial charge in [0.15, 0.2) is 0 Å². The molecule has 19 heavy (non-hydrogen) atoms. The molecule has 0 aliphatic heterocycles. The lowest BCUT2D eigenvalue weighted by atomic mass is 10.3. The molecule has 0 saturated heterocycles. The van der Waals surface area contributed by atoms with E-state index in [1.807, 2.05) is 13.0 Å². The highest BCUT2D eigenvalue weighted by Gasteiger charge is 2.10. The standard InChI is InChI=1S/C13H15BrN2O2S/c1-8(17)9(2)19-7-11-5-13(18)16-6-10(14)3-4-12(16)15-11/h3-6,8-9,17H,7H2,1-2H3. The van der Waals surface area contributed by atoms with Crippen molar-refractivity contribution >= 4 is 33.3 Å². The summed E-state index contributed by atoms with van der Waals surface area (Å²) in [5.41, 5.74) is 1.28. The molecule has 102 valence electrons. The normalized spacial score (nSPS) is 14.5. The number of nitrogens with zero attached hydrogens (tertiary/aromatic N) is 2. The Morgan fingerprint density at radius 3 is 2.89 bits per heavy atom. The second kappa shape index (κ2) is 6.07. The van der Waals surface area contributed by atoms with Crippen molar-refractivity contribution in [1.29, 1.82) is 0 Å². The van der Waals surface area contributed by atoms with E-state index in [1.165, 1.54) is 4.40 Å². The fraction of sp³-hybridized carbons (Fsp3) is 0.385. The smallest absolute Gasteiger partial charge is 0.258 e. The van der Waals surface area contributed by atoms with Crippen molar-refractivity contribution in [3.8, 4) is 0 Å². The van der Waals surface area contributed by atoms with Gasteiger partial charge in [0.2, 0.25) is 0 Å². The molecule has 2 unspecified atom stereocenters. The van der Waals surface area contributed by atoms with Crippen LogP contribution in [0.4, 0.5) is 0 Å². The fourth-order valence-electron chi connectivity index (χ4n) is 1.56. The Labute approximate surface area is 124 Å². The van der Waals surface area contributed by atoms with Gasteiger partial charge in [0.1, 0.15) is 5.65 Å². The first-order chi connectivity index (χ1) is 8.97. The van der Waals surface area contributed by atoms with Crippen LogP contribution in [-0.2, 0) is 5.75 Å². The van der Waals surface area contributed by atoms with Crippen LogP contribution in [-0.4, -0.2) is 25.8 Å². The van der Waals surface area contributed by atoms with E-state index >= 15 is 0 Å². The number of rotatable bonds is 4. The van der Waals surface area contributed by atoms with Crippen molar-refractivity contribution in [1.82, 2.24) is 9.38 Å². The molecule has 2 atom stereocenters. The van der Waals surface area contributed by atoms with Crippen LogP contribution in [0, 0.1) is 0 Å². The van der Waals surface area contributed by atoms with E-state index in [4.69, 9.17) is 0 Å². The Bertz CT molecular complexity index is 642. The van der Waals surface area contributed by atoms with Crippen LogP contribution in [0.1, 0.15) is 19.5 Å². The highest BCUT2D eigenvalue weighted by Crippen LogP contribution is 2.19. The molecular weight excluding hydrogens is 328 g/mol. The predicted octanol–water partition coefficient (Wildman–Crippen LogP) is 2.46. The summed E-state index contributed by atoms with van der Waals surface area (Å²) in [6, 6.07) is 5.20. The van der Waals surface area contributed by atoms with Crippen LogP contribution in [0.25, 0.3) is 5.65 Å². The van der Waals surface area contributed by atoms with Crippen LogP contribution >= 0.6 is 27.7 Å². The quantitative estimate of drug-likeness (QED) is 0.927. The molecule has 0 radical (unpaired) electrons. The predicted molar refractivity (Wildman–Crippen MR) is 81.6 cm³/mol. The first-order valence-electron chi connectivity index (χ1n) is 5.95. The van der Waals surface area contributed by atoms with E-state index in [-0.39, 0.29) is 16.9 Å². The van der Waals surface area contributed by atoms with Crippen molar-refractivity contribution < 1.29 is 5.11 Å². The summed E-state index contributed by atoms with van der Waals surface area (Å²) >= 11 is 4.92. The van der Waals surface area contributed by atoms with Gasteiger partial charge in [-0.3, -0.25) is 9.20 Å². The minimum atomic E-state index is -0.373. The molecule has 2 heterocycles. The number of fused-ring (bicyclic) bond motifs is 1. The zero-order valence-corrected chi connectivity index (χ0v) is 13.1. The number of aromatic nitrogens is 2. The Kier molecular flexibility index (Phi) is 4.65. The van der Waals surface area contributed by atoms with E-state index in [2.05, 4.69) is 20.9 Å². The first kappa shape index (κ1) is 14.6. The molecule has 0 aliphatic carbocycles. The number of halogens is 1. The average Bonchev–Trinajstić information content (AvgIpc) is 2.36. The molecule has 0 amide bonds. The number of aliphatic hydroxyl groups is 1. The average molecular weight is 343 g/mol. The number of pyridine rings is 1. The van der Waals surface area contributed by atoms with Crippen molar-refractivity contribution in [3.05, 3.63) is 44.9 Å². The van der Waals surface area contributed by atoms with E-state index in [9.17, 15) is 9.90 Å². The summed E-state index contributed by atoms with van der Waals surface area (Å²) in [5.74, 6) is 0.619. The molecule has 1 N–H and O–H groups in total. The molecule has 2 aromatic rings. The summed E-state index contributed by atoms with van der Waals surface area (Å²) in [4.78, 5) is 16.4. The maximum Gasteiger partial charge on any atom is 0.258 e. The Morgan fingerprint density at radius 2 is 2.21 bits per heavy atom. The molecular formula is C13H15BrN2O2S. The lowest BCUT2D eigenvalue weighted by Crippen LogP contribution is -2.17. The third-order valence-corrected chi connectivity index (χ3v) is 4.70. The van der Waals surface area contributed by atoms with Gasteiger partial charge >= 0.3 is 0 Å². The maximum absolute atomic E-state index is 12.0. The Hall–Kier alpha value is -0.850. The third-order valence-electron chi connectivity index (χ3n) is 2.85. The van der Waals surface area contributed by atoms with Gasteiger partial charge in [-0.05, 0) is 35.0 Å². The van der Waals surface area contributed by atoms with Gasteiger partial charge in [-0.1, -0.05) is 6.92 Å². The molecule has 2 rings (SSSR count). The zero-order chi connectivity index (χ0) is 14.0. The molecule has 0 fully saturated rings. The van der Waals surface area contributed by atoms with Crippen molar-refractivity contribution in [2.24, 2.45) is 0 Å². The van der Waals surface area contributed by atoms with Gasteiger partial charge in [0.05, 0.1) is 11.8 Å². The van der Waals surface area contributed by atoms with Gasteiger partial charge in [-0.2, -0.15) is 0 Å². The van der Waals surface area contributed by atoms with Crippen molar-refractivity contribution in [2.75, 3.05) is 0 Å². The number of aliphatic hydroxyl groups excluding tert-OH is 1. The van der Waals surface area contributed by atoms with Crippen LogP contribution in [0.3, 0.4) is 0 Å². The molecule has 0 bridgehead atoms. The van der Waals surface area contributed by atoms with E-state index in [1.54, 1.807) is 37.0 Å². The van der Waals surface area contributed by atoms with Crippen LogP contribution < -0.4 is 5.56 Å². The minimum absolute atomic E-state index is 0.0911. The monoisotopic (exact) mass is 342 g/mol. The molecule has 0 aliphatic rings. The number of thioether (sulfide) groups is 1. The van der Waals surface area contributed by atoms with Crippen molar-refractivity contribution in [2.45, 2.75) is 31.0 Å². The van der Waals surface area contributed by atoms with Gasteiger partial charge in [-0.25, -0.2) is 4.98 Å². The van der Waals surface area contributed by atoms with Crippen LogP contribution in [0.15, 0.2) is 33.7 Å². The summed E-state index contributed by atoms with van der Waals surface area (Å²) in [7, 11) is 0. The van der Waals surface area contributed by atoms with Gasteiger partial charge in [0, 0.05) is 27.7 Å². The lowest BCUT2D eigenvalue weighted by Gasteiger charge is -2.13. The summed E-state index contributed by atoms with van der Waals surface area (Å²) in [6.07, 6.45) is 1.34. The third kappa shape index (κ3) is 3.58. The molecule has 0 aromatic carbocycles. The highest BCUT2D eigenvalue weighted by atomic mass is 79.9. The molecule has 2 aromatic heterocycles. The van der Waals surface area contributed by atoms with Gasteiger partial charge in [0.25, 0.3) is 5.56 Å². The van der Waals surface area contributed by atoms with Gasteiger partial charge in [-0.15, -0.1) is 11.8 Å². The topological polar surface area (TPSA) is 54.6 Å². The van der Waals surface area contributed by atoms with Crippen molar-refractivity contribution in [3.63, 3.8) is 0 Å². The summed E-state index contributed by atoms with van der Waals surface area (Å²) in [5, 5.41) is 9.56. The first-order valence-corrected chi connectivity index (χ1v) is 7.79. The second-order valence-corrected chi connectivity index (χ2v) is 6.70. The zero-order valence-electron chi connectivity index (χ0n) is 10.7. The van der Waals surface area contributed by atoms with Crippen LogP contribution in [0.5, 0.6) is 0 Å². The Balaban J connectivity index is 2.26. The number of hydrogen-bond donors (Lipinski definition) is 1. The highest BCUT2D eigenvalue weighted by molar-refractivity contribution is 9.10. The molecule has 6 heteroatoms. The molecule has 0 saturated carbocycles.